The van der Waals surface area contributed by atoms with Gasteiger partial charge in [0.1, 0.15) is 5.75 Å². The Morgan fingerprint density at radius 3 is 2.52 bits per heavy atom. The highest BCUT2D eigenvalue weighted by Gasteiger charge is 2.04. The molecule has 0 saturated heterocycles. The van der Waals surface area contributed by atoms with Gasteiger partial charge in [0.2, 0.25) is 5.91 Å². The first kappa shape index (κ1) is 16.6. The molecule has 2 aromatic rings. The number of methoxy groups -OCH3 is 1. The summed E-state index contributed by atoms with van der Waals surface area (Å²) in [5.41, 5.74) is 0.970. The summed E-state index contributed by atoms with van der Waals surface area (Å²) in [7, 11) is 1.53. The van der Waals surface area contributed by atoms with E-state index in [-0.39, 0.29) is 12.5 Å². The zero-order chi connectivity index (χ0) is 16.7. The predicted octanol–water partition coefficient (Wildman–Crippen LogP) is 3.60. The molecular weight excluding hydrogens is 304 g/mol. The smallest absolute Gasteiger partial charge is 0.248 e. The van der Waals surface area contributed by atoms with Crippen molar-refractivity contribution in [2.45, 2.75) is 0 Å². The molecule has 0 fully saturated rings. The number of nitrogens with one attached hydrogen (secondary N) is 1. The van der Waals surface area contributed by atoms with Crippen LogP contribution >= 0.6 is 0 Å². The van der Waals surface area contributed by atoms with Crippen molar-refractivity contribution < 1.29 is 23.0 Å². The van der Waals surface area contributed by atoms with E-state index in [0.717, 1.165) is 17.7 Å². The Labute approximate surface area is 132 Å². The van der Waals surface area contributed by atoms with E-state index >= 15 is 0 Å². The molecule has 0 atom stereocenters. The van der Waals surface area contributed by atoms with Crippen LogP contribution in [0.25, 0.3) is 6.08 Å². The van der Waals surface area contributed by atoms with Gasteiger partial charge >= 0.3 is 0 Å². The molecule has 0 aliphatic heterocycles. The summed E-state index contributed by atoms with van der Waals surface area (Å²) in [5, 5.41) is 2.45. The fourth-order valence-corrected chi connectivity index (χ4v) is 1.73. The van der Waals surface area contributed by atoms with Gasteiger partial charge in [-0.3, -0.25) is 4.79 Å². The molecule has 2 aromatic carbocycles. The Kier molecular flexibility index (Phi) is 5.82. The number of amides is 1. The first-order valence-electron chi connectivity index (χ1n) is 6.74. The Hall–Kier alpha value is -2.73. The number of rotatable bonds is 6. The lowest BCUT2D eigenvalue weighted by molar-refractivity contribution is -0.111. The van der Waals surface area contributed by atoms with Gasteiger partial charge in [0.05, 0.1) is 0 Å². The third-order valence-electron chi connectivity index (χ3n) is 2.84. The average Bonchev–Trinajstić information content (AvgIpc) is 2.55. The lowest BCUT2D eigenvalue weighted by atomic mass is 10.2. The predicted molar refractivity (Wildman–Crippen MR) is 83.0 cm³/mol. The zero-order valence-corrected chi connectivity index (χ0v) is 12.4. The Morgan fingerprint density at radius 2 is 1.87 bits per heavy atom. The molecule has 0 aromatic heterocycles. The van der Waals surface area contributed by atoms with E-state index in [9.17, 15) is 13.6 Å². The van der Waals surface area contributed by atoms with Crippen LogP contribution in [0.4, 0.5) is 14.5 Å². The lowest BCUT2D eigenvalue weighted by Gasteiger charge is -2.04. The number of hydrogen-bond donors (Lipinski definition) is 1. The standard InChI is InChI=1S/C17H15F2NO3/c1-22-11-23-14-6-2-12(3-7-14)4-9-17(21)20-13-5-8-15(18)16(19)10-13/h2-10H,11H2,1H3,(H,20,21)/b9-4+. The third kappa shape index (κ3) is 5.19. The first-order chi connectivity index (χ1) is 11.1. The molecule has 6 heteroatoms. The van der Waals surface area contributed by atoms with E-state index in [1.165, 1.54) is 19.3 Å². The molecule has 0 spiro atoms. The van der Waals surface area contributed by atoms with Crippen LogP contribution in [0.3, 0.4) is 0 Å². The second kappa shape index (κ2) is 8.05. The topological polar surface area (TPSA) is 47.6 Å². The van der Waals surface area contributed by atoms with Gasteiger partial charge in [-0.15, -0.1) is 0 Å². The van der Waals surface area contributed by atoms with Crippen LogP contribution in [0.1, 0.15) is 5.56 Å². The van der Waals surface area contributed by atoms with Crippen LogP contribution < -0.4 is 10.1 Å². The molecule has 0 saturated carbocycles. The first-order valence-corrected chi connectivity index (χ1v) is 6.74. The minimum Gasteiger partial charge on any atom is -0.468 e. The summed E-state index contributed by atoms with van der Waals surface area (Å²) in [6.07, 6.45) is 2.89. The number of carbonyl (C=O) groups is 1. The van der Waals surface area contributed by atoms with Crippen molar-refractivity contribution in [2.75, 3.05) is 19.2 Å². The van der Waals surface area contributed by atoms with Crippen molar-refractivity contribution in [3.63, 3.8) is 0 Å². The van der Waals surface area contributed by atoms with E-state index in [4.69, 9.17) is 9.47 Å². The summed E-state index contributed by atoms with van der Waals surface area (Å²) in [5.74, 6) is -1.78. The summed E-state index contributed by atoms with van der Waals surface area (Å²) in [4.78, 5) is 11.7. The maximum absolute atomic E-state index is 13.0. The molecule has 23 heavy (non-hydrogen) atoms. The van der Waals surface area contributed by atoms with Gasteiger partial charge in [-0.2, -0.15) is 0 Å². The molecule has 1 amide bonds. The SMILES string of the molecule is COCOc1ccc(/C=C/C(=O)Nc2ccc(F)c(F)c2)cc1. The van der Waals surface area contributed by atoms with E-state index < -0.39 is 17.5 Å². The lowest BCUT2D eigenvalue weighted by Crippen LogP contribution is -2.08. The van der Waals surface area contributed by atoms with E-state index in [1.807, 2.05) is 0 Å². The maximum atomic E-state index is 13.0. The molecule has 2 rings (SSSR count). The Morgan fingerprint density at radius 1 is 1.13 bits per heavy atom. The van der Waals surface area contributed by atoms with Crippen molar-refractivity contribution in [2.24, 2.45) is 0 Å². The Bertz CT molecular complexity index is 699. The van der Waals surface area contributed by atoms with Gasteiger partial charge < -0.3 is 14.8 Å². The minimum atomic E-state index is -1.02. The van der Waals surface area contributed by atoms with E-state index in [2.05, 4.69) is 5.32 Å². The molecule has 120 valence electrons. The molecule has 0 radical (unpaired) electrons. The summed E-state index contributed by atoms with van der Waals surface area (Å²) >= 11 is 0. The maximum Gasteiger partial charge on any atom is 0.248 e. The van der Waals surface area contributed by atoms with Crippen molar-refractivity contribution in [3.8, 4) is 5.75 Å². The number of carbonyl (C=O) groups excluding carboxylic acids is 1. The van der Waals surface area contributed by atoms with Gasteiger partial charge in [0, 0.05) is 24.9 Å². The summed E-state index contributed by atoms with van der Waals surface area (Å²) < 4.78 is 35.9. The molecular formula is C17H15F2NO3. The molecule has 0 aliphatic rings. The van der Waals surface area contributed by atoms with Crippen LogP contribution in [0, 0.1) is 11.6 Å². The largest absolute Gasteiger partial charge is 0.468 e. The van der Waals surface area contributed by atoms with E-state index in [0.29, 0.717) is 5.75 Å². The number of ether oxygens (including phenoxy) is 2. The van der Waals surface area contributed by atoms with Crippen LogP contribution in [0.2, 0.25) is 0 Å². The second-order valence-electron chi connectivity index (χ2n) is 4.57. The van der Waals surface area contributed by atoms with E-state index in [1.54, 1.807) is 30.3 Å². The van der Waals surface area contributed by atoms with Gasteiger partial charge in [-0.1, -0.05) is 12.1 Å². The quantitative estimate of drug-likeness (QED) is 0.654. The van der Waals surface area contributed by atoms with Crippen LogP contribution in [-0.2, 0) is 9.53 Å². The van der Waals surface area contributed by atoms with Crippen molar-refractivity contribution in [1.82, 2.24) is 0 Å². The zero-order valence-electron chi connectivity index (χ0n) is 12.4. The number of halogens is 2. The average molecular weight is 319 g/mol. The molecule has 0 unspecified atom stereocenters. The molecule has 4 nitrogen and oxygen atoms in total. The Balaban J connectivity index is 1.93. The van der Waals surface area contributed by atoms with Crippen molar-refractivity contribution >= 4 is 17.7 Å². The molecule has 0 heterocycles. The fraction of sp³-hybridized carbons (Fsp3) is 0.118. The third-order valence-corrected chi connectivity index (χ3v) is 2.84. The highest BCUT2D eigenvalue weighted by Crippen LogP contribution is 2.15. The van der Waals surface area contributed by atoms with Crippen LogP contribution in [0.15, 0.2) is 48.5 Å². The normalized spacial score (nSPS) is 10.7. The minimum absolute atomic E-state index is 0.159. The molecule has 0 bridgehead atoms. The van der Waals surface area contributed by atoms with Crippen molar-refractivity contribution in [3.05, 3.63) is 65.7 Å². The van der Waals surface area contributed by atoms with Gasteiger partial charge in [0.15, 0.2) is 18.4 Å². The number of benzene rings is 2. The van der Waals surface area contributed by atoms with Crippen molar-refractivity contribution in [1.29, 1.82) is 0 Å². The van der Waals surface area contributed by atoms with Gasteiger partial charge in [-0.05, 0) is 35.9 Å². The number of hydrogen-bond acceptors (Lipinski definition) is 3. The highest BCUT2D eigenvalue weighted by molar-refractivity contribution is 6.01. The fourth-order valence-electron chi connectivity index (χ4n) is 1.73. The van der Waals surface area contributed by atoms with Crippen LogP contribution in [-0.4, -0.2) is 19.8 Å². The second-order valence-corrected chi connectivity index (χ2v) is 4.57. The molecule has 0 aliphatic carbocycles. The number of anilines is 1. The molecule has 1 N–H and O–H groups in total. The summed E-state index contributed by atoms with van der Waals surface area (Å²) in [6.45, 7) is 0.159. The van der Waals surface area contributed by atoms with Crippen LogP contribution in [0.5, 0.6) is 5.75 Å². The summed E-state index contributed by atoms with van der Waals surface area (Å²) in [6, 6.07) is 10.2. The van der Waals surface area contributed by atoms with Gasteiger partial charge in [0.25, 0.3) is 0 Å². The monoisotopic (exact) mass is 319 g/mol. The highest BCUT2D eigenvalue weighted by atomic mass is 19.2. The van der Waals surface area contributed by atoms with Gasteiger partial charge in [-0.25, -0.2) is 8.78 Å².